The number of halogens is 1. The first-order valence-corrected chi connectivity index (χ1v) is 4.47. The molecule has 0 radical (unpaired) electrons. The van der Waals surface area contributed by atoms with Gasteiger partial charge < -0.3 is 5.32 Å². The minimum absolute atomic E-state index is 0.469. The Balaban J connectivity index is 2.23. The van der Waals surface area contributed by atoms with Crippen LogP contribution in [0.5, 0.6) is 0 Å². The van der Waals surface area contributed by atoms with Crippen LogP contribution in [0.2, 0.25) is 0 Å². The Kier molecular flexibility index (Phi) is 2.22. The SMILES string of the molecule is FC1(c2cnccn2)CCNCC1. The van der Waals surface area contributed by atoms with E-state index in [4.69, 9.17) is 0 Å². The van der Waals surface area contributed by atoms with Gasteiger partial charge in [0, 0.05) is 12.4 Å². The number of piperidine rings is 1. The highest BCUT2D eigenvalue weighted by Gasteiger charge is 2.34. The summed E-state index contributed by atoms with van der Waals surface area (Å²) in [6.45, 7) is 1.43. The quantitative estimate of drug-likeness (QED) is 0.703. The molecule has 2 heterocycles. The topological polar surface area (TPSA) is 37.8 Å². The first-order valence-electron chi connectivity index (χ1n) is 4.47. The Hall–Kier alpha value is -1.03. The maximum atomic E-state index is 14.2. The predicted molar refractivity (Wildman–Crippen MR) is 46.9 cm³/mol. The number of nitrogens with one attached hydrogen (secondary N) is 1. The molecule has 2 rings (SSSR count). The van der Waals surface area contributed by atoms with Crippen LogP contribution in [0.1, 0.15) is 18.5 Å². The van der Waals surface area contributed by atoms with Crippen molar-refractivity contribution in [3.8, 4) is 0 Å². The second kappa shape index (κ2) is 3.38. The predicted octanol–water partition coefficient (Wildman–Crippen LogP) is 1.02. The van der Waals surface area contributed by atoms with E-state index in [2.05, 4.69) is 15.3 Å². The Morgan fingerprint density at radius 1 is 1.31 bits per heavy atom. The van der Waals surface area contributed by atoms with Crippen molar-refractivity contribution in [1.29, 1.82) is 0 Å². The van der Waals surface area contributed by atoms with Gasteiger partial charge in [-0.1, -0.05) is 0 Å². The van der Waals surface area contributed by atoms with E-state index in [0.29, 0.717) is 31.6 Å². The molecule has 70 valence electrons. The second-order valence-corrected chi connectivity index (χ2v) is 3.31. The fourth-order valence-corrected chi connectivity index (χ4v) is 1.61. The molecule has 3 nitrogen and oxygen atoms in total. The van der Waals surface area contributed by atoms with Crippen molar-refractivity contribution < 1.29 is 4.39 Å². The normalized spacial score (nSPS) is 21.3. The third-order valence-corrected chi connectivity index (χ3v) is 2.42. The molecule has 1 fully saturated rings. The molecule has 0 atom stereocenters. The Morgan fingerprint density at radius 2 is 2.08 bits per heavy atom. The zero-order valence-corrected chi connectivity index (χ0v) is 7.33. The number of nitrogens with zero attached hydrogens (tertiary/aromatic N) is 2. The van der Waals surface area contributed by atoms with E-state index in [1.807, 2.05) is 0 Å². The maximum absolute atomic E-state index is 14.2. The molecule has 1 saturated heterocycles. The van der Waals surface area contributed by atoms with Crippen molar-refractivity contribution in [2.75, 3.05) is 13.1 Å². The van der Waals surface area contributed by atoms with Crippen molar-refractivity contribution >= 4 is 0 Å². The molecule has 0 amide bonds. The molecule has 4 heteroatoms. The van der Waals surface area contributed by atoms with Gasteiger partial charge in [-0.15, -0.1) is 0 Å². The van der Waals surface area contributed by atoms with E-state index in [9.17, 15) is 4.39 Å². The Morgan fingerprint density at radius 3 is 2.69 bits per heavy atom. The average Bonchev–Trinajstić information content (AvgIpc) is 2.20. The van der Waals surface area contributed by atoms with Gasteiger partial charge in [0.05, 0.1) is 11.9 Å². The molecule has 0 aliphatic carbocycles. The average molecular weight is 181 g/mol. The highest BCUT2D eigenvalue weighted by atomic mass is 19.1. The van der Waals surface area contributed by atoms with E-state index >= 15 is 0 Å². The van der Waals surface area contributed by atoms with E-state index < -0.39 is 5.67 Å². The zero-order valence-electron chi connectivity index (χ0n) is 7.33. The van der Waals surface area contributed by atoms with Gasteiger partial charge in [0.1, 0.15) is 0 Å². The number of rotatable bonds is 1. The third-order valence-electron chi connectivity index (χ3n) is 2.42. The summed E-state index contributed by atoms with van der Waals surface area (Å²) in [5, 5.41) is 3.12. The standard InChI is InChI=1S/C9H12FN3/c10-9(1-3-11-4-2-9)8-7-12-5-6-13-8/h5-7,11H,1-4H2. The summed E-state index contributed by atoms with van der Waals surface area (Å²) in [6.07, 6.45) is 5.61. The fraction of sp³-hybridized carbons (Fsp3) is 0.556. The molecule has 1 N–H and O–H groups in total. The van der Waals surface area contributed by atoms with Gasteiger partial charge in [-0.2, -0.15) is 0 Å². The molecule has 0 spiro atoms. The molecule has 0 unspecified atom stereocenters. The van der Waals surface area contributed by atoms with E-state index in [1.54, 1.807) is 12.4 Å². The molecular weight excluding hydrogens is 169 g/mol. The van der Waals surface area contributed by atoms with Gasteiger partial charge >= 0.3 is 0 Å². The molecule has 13 heavy (non-hydrogen) atoms. The van der Waals surface area contributed by atoms with Gasteiger partial charge in [0.2, 0.25) is 0 Å². The first kappa shape index (κ1) is 8.56. The summed E-state index contributed by atoms with van der Waals surface area (Å²) in [4.78, 5) is 7.89. The summed E-state index contributed by atoms with van der Waals surface area (Å²) in [7, 11) is 0. The molecule has 1 aliphatic rings. The van der Waals surface area contributed by atoms with Crippen LogP contribution in [0.3, 0.4) is 0 Å². The van der Waals surface area contributed by atoms with Crippen molar-refractivity contribution in [1.82, 2.24) is 15.3 Å². The first-order chi connectivity index (χ1) is 6.31. The number of hydrogen-bond acceptors (Lipinski definition) is 3. The van der Waals surface area contributed by atoms with Crippen LogP contribution in [0.4, 0.5) is 4.39 Å². The van der Waals surface area contributed by atoms with Crippen LogP contribution in [0.25, 0.3) is 0 Å². The molecule has 1 aromatic rings. The van der Waals surface area contributed by atoms with Gasteiger partial charge in [0.15, 0.2) is 5.67 Å². The number of alkyl halides is 1. The van der Waals surface area contributed by atoms with Crippen molar-refractivity contribution in [2.24, 2.45) is 0 Å². The highest BCUT2D eigenvalue weighted by molar-refractivity contribution is 5.09. The lowest BCUT2D eigenvalue weighted by atomic mass is 9.91. The molecule has 1 aromatic heterocycles. The van der Waals surface area contributed by atoms with Crippen LogP contribution in [-0.4, -0.2) is 23.1 Å². The molecular formula is C9H12FN3. The minimum atomic E-state index is -1.26. The minimum Gasteiger partial charge on any atom is -0.316 e. The van der Waals surface area contributed by atoms with E-state index in [-0.39, 0.29) is 0 Å². The van der Waals surface area contributed by atoms with Crippen molar-refractivity contribution in [3.63, 3.8) is 0 Å². The van der Waals surface area contributed by atoms with Gasteiger partial charge in [-0.25, -0.2) is 4.39 Å². The van der Waals surface area contributed by atoms with Crippen LogP contribution in [0, 0.1) is 0 Å². The third kappa shape index (κ3) is 1.67. The summed E-state index contributed by atoms with van der Waals surface area (Å²) >= 11 is 0. The van der Waals surface area contributed by atoms with Gasteiger partial charge in [0.25, 0.3) is 0 Å². The number of aromatic nitrogens is 2. The lowest BCUT2D eigenvalue weighted by Gasteiger charge is -2.28. The molecule has 0 aromatic carbocycles. The smallest absolute Gasteiger partial charge is 0.156 e. The van der Waals surface area contributed by atoms with Gasteiger partial charge in [-0.3, -0.25) is 9.97 Å². The van der Waals surface area contributed by atoms with E-state index in [1.165, 1.54) is 6.20 Å². The molecule has 1 aliphatic heterocycles. The Bertz CT molecular complexity index is 269. The second-order valence-electron chi connectivity index (χ2n) is 3.31. The zero-order chi connectivity index (χ0) is 9.15. The molecule has 0 saturated carbocycles. The lowest BCUT2D eigenvalue weighted by Crippen LogP contribution is -2.37. The maximum Gasteiger partial charge on any atom is 0.156 e. The summed E-state index contributed by atoms with van der Waals surface area (Å²) in [6, 6.07) is 0. The van der Waals surface area contributed by atoms with Crippen LogP contribution < -0.4 is 5.32 Å². The van der Waals surface area contributed by atoms with Crippen molar-refractivity contribution in [3.05, 3.63) is 24.3 Å². The van der Waals surface area contributed by atoms with Gasteiger partial charge in [-0.05, 0) is 25.9 Å². The highest BCUT2D eigenvalue weighted by Crippen LogP contribution is 2.32. The van der Waals surface area contributed by atoms with E-state index in [0.717, 1.165) is 0 Å². The van der Waals surface area contributed by atoms with Crippen LogP contribution in [-0.2, 0) is 5.67 Å². The molecule has 0 bridgehead atoms. The largest absolute Gasteiger partial charge is 0.316 e. The van der Waals surface area contributed by atoms with Crippen LogP contribution >= 0.6 is 0 Å². The lowest BCUT2D eigenvalue weighted by molar-refractivity contribution is 0.109. The van der Waals surface area contributed by atoms with Crippen LogP contribution in [0.15, 0.2) is 18.6 Å². The fourth-order valence-electron chi connectivity index (χ4n) is 1.61. The summed E-state index contributed by atoms with van der Waals surface area (Å²) in [5.41, 5.74) is -0.795. The number of hydrogen-bond donors (Lipinski definition) is 1. The Labute approximate surface area is 76.4 Å². The summed E-state index contributed by atoms with van der Waals surface area (Å²) < 4.78 is 14.2. The summed E-state index contributed by atoms with van der Waals surface area (Å²) in [5.74, 6) is 0. The monoisotopic (exact) mass is 181 g/mol. The van der Waals surface area contributed by atoms with Crippen molar-refractivity contribution in [2.45, 2.75) is 18.5 Å².